The molecule has 0 radical (unpaired) electrons. The molecule has 38 heavy (non-hydrogen) atoms. The molecule has 4 heterocycles. The minimum atomic E-state index is -0.731. The summed E-state index contributed by atoms with van der Waals surface area (Å²) in [5, 5.41) is 11.8. The first-order chi connectivity index (χ1) is 18.1. The van der Waals surface area contributed by atoms with Gasteiger partial charge in [-0.3, -0.25) is 14.5 Å². The quantitative estimate of drug-likeness (QED) is 0.545. The number of ether oxygens (including phenoxy) is 1. The maximum atomic E-state index is 13.2. The Hall–Kier alpha value is -4.22. The summed E-state index contributed by atoms with van der Waals surface area (Å²) in [6.45, 7) is 7.50. The molecule has 200 valence electrons. The van der Waals surface area contributed by atoms with Gasteiger partial charge in [-0.15, -0.1) is 5.10 Å². The van der Waals surface area contributed by atoms with E-state index in [1.54, 1.807) is 21.3 Å². The number of carbonyl (C=O) groups is 3. The number of likely N-dealkylation sites (tertiary alicyclic amines) is 1. The molecule has 3 amide bonds. The molecular formula is C26H32N8O4. The van der Waals surface area contributed by atoms with E-state index in [2.05, 4.69) is 15.4 Å². The molecule has 1 saturated heterocycles. The fourth-order valence-electron chi connectivity index (χ4n) is 4.53. The summed E-state index contributed by atoms with van der Waals surface area (Å²) in [4.78, 5) is 45.6. The average Bonchev–Trinajstić information content (AvgIpc) is 3.44. The van der Waals surface area contributed by atoms with Crippen molar-refractivity contribution in [1.29, 1.82) is 0 Å². The van der Waals surface area contributed by atoms with Gasteiger partial charge >= 0.3 is 6.09 Å². The number of nitrogens with zero attached hydrogens (tertiary/aromatic N) is 7. The zero-order chi connectivity index (χ0) is 27.0. The number of carbonyl (C=O) groups excluding carboxylic acids is 3. The van der Waals surface area contributed by atoms with Gasteiger partial charge in [0.15, 0.2) is 0 Å². The molecule has 1 aromatic carbocycles. The molecule has 12 heteroatoms. The van der Waals surface area contributed by atoms with Gasteiger partial charge in [0.1, 0.15) is 23.8 Å². The molecule has 2 aliphatic rings. The van der Waals surface area contributed by atoms with E-state index in [9.17, 15) is 14.4 Å². The fourth-order valence-corrected chi connectivity index (χ4v) is 4.53. The van der Waals surface area contributed by atoms with Crippen LogP contribution >= 0.6 is 0 Å². The van der Waals surface area contributed by atoms with Crippen molar-refractivity contribution in [1.82, 2.24) is 34.8 Å². The van der Waals surface area contributed by atoms with E-state index in [0.29, 0.717) is 38.4 Å². The van der Waals surface area contributed by atoms with Crippen LogP contribution in [-0.2, 0) is 22.6 Å². The smallest absolute Gasteiger partial charge is 0.410 e. The number of aryl methyl sites for hydroxylation is 1. The van der Waals surface area contributed by atoms with E-state index in [-0.39, 0.29) is 23.7 Å². The largest absolute Gasteiger partial charge is 0.444 e. The Morgan fingerprint density at radius 1 is 1.13 bits per heavy atom. The van der Waals surface area contributed by atoms with Crippen molar-refractivity contribution < 1.29 is 19.1 Å². The van der Waals surface area contributed by atoms with Gasteiger partial charge in [0, 0.05) is 38.7 Å². The molecule has 0 bridgehead atoms. The standard InChI is InChI=1S/C26H32N8O4/c1-26(2,3)38-25(37)32-14-18(15-32)20-12-21-31(4)24(36)19(10-11-34(21)29-20)28-23(35)22-27-16-33(30-22)13-17-8-6-5-7-9-17/h5-9,12,16,18-19H,10-11,13-15H2,1-4H3,(H,28,35)/t19-/m1/s1. The van der Waals surface area contributed by atoms with Crippen molar-refractivity contribution in [2.75, 3.05) is 25.0 Å². The van der Waals surface area contributed by atoms with E-state index in [1.807, 2.05) is 57.2 Å². The third-order valence-corrected chi connectivity index (χ3v) is 6.56. The van der Waals surface area contributed by atoms with Gasteiger partial charge in [-0.25, -0.2) is 19.1 Å². The highest BCUT2D eigenvalue weighted by Crippen LogP contribution is 2.31. The number of anilines is 1. The second kappa shape index (κ2) is 9.92. The van der Waals surface area contributed by atoms with Crippen LogP contribution in [0.3, 0.4) is 0 Å². The molecule has 1 atom stereocenters. The summed E-state index contributed by atoms with van der Waals surface area (Å²) in [5.41, 5.74) is 1.33. The monoisotopic (exact) mass is 520 g/mol. The topological polar surface area (TPSA) is 127 Å². The van der Waals surface area contributed by atoms with Crippen LogP contribution < -0.4 is 10.2 Å². The molecule has 0 spiro atoms. The van der Waals surface area contributed by atoms with E-state index >= 15 is 0 Å². The van der Waals surface area contributed by atoms with Gasteiger partial charge in [-0.2, -0.15) is 5.10 Å². The molecule has 3 aromatic rings. The summed E-state index contributed by atoms with van der Waals surface area (Å²) >= 11 is 0. The van der Waals surface area contributed by atoms with Gasteiger partial charge < -0.3 is 15.0 Å². The second-order valence-corrected chi connectivity index (χ2v) is 10.7. The minimum Gasteiger partial charge on any atom is -0.444 e. The lowest BCUT2D eigenvalue weighted by Gasteiger charge is -2.38. The predicted molar refractivity (Wildman–Crippen MR) is 138 cm³/mol. The lowest BCUT2D eigenvalue weighted by atomic mass is 9.97. The fraction of sp³-hybridized carbons (Fsp3) is 0.462. The first kappa shape index (κ1) is 25.4. The maximum Gasteiger partial charge on any atom is 0.410 e. The molecule has 12 nitrogen and oxygen atoms in total. The van der Waals surface area contributed by atoms with Crippen LogP contribution in [0.15, 0.2) is 42.7 Å². The summed E-state index contributed by atoms with van der Waals surface area (Å²) in [7, 11) is 1.67. The van der Waals surface area contributed by atoms with Gasteiger partial charge in [-0.1, -0.05) is 30.3 Å². The highest BCUT2D eigenvalue weighted by atomic mass is 16.6. The predicted octanol–water partition coefficient (Wildman–Crippen LogP) is 2.02. The Morgan fingerprint density at radius 3 is 2.58 bits per heavy atom. The van der Waals surface area contributed by atoms with Crippen LogP contribution in [0.5, 0.6) is 0 Å². The van der Waals surface area contributed by atoms with E-state index in [1.165, 1.54) is 11.2 Å². The first-order valence-corrected chi connectivity index (χ1v) is 12.6. The molecule has 1 N–H and O–H groups in total. The highest BCUT2D eigenvalue weighted by Gasteiger charge is 2.38. The van der Waals surface area contributed by atoms with Crippen molar-refractivity contribution in [2.24, 2.45) is 0 Å². The third-order valence-electron chi connectivity index (χ3n) is 6.56. The summed E-state index contributed by atoms with van der Waals surface area (Å²) in [5.74, 6) is 0.0117. The average molecular weight is 521 g/mol. The SMILES string of the molecule is CN1C(=O)[C@H](NC(=O)c2ncn(Cc3ccccc3)n2)CCn2nc(C3CN(C(=O)OC(C)(C)C)C3)cc21. The highest BCUT2D eigenvalue weighted by molar-refractivity contribution is 6.00. The summed E-state index contributed by atoms with van der Waals surface area (Å²) in [6.07, 6.45) is 1.55. The molecule has 1 fully saturated rings. The summed E-state index contributed by atoms with van der Waals surface area (Å²) in [6, 6.07) is 10.9. The van der Waals surface area contributed by atoms with Gasteiger partial charge in [0.2, 0.25) is 5.82 Å². The number of hydrogen-bond donors (Lipinski definition) is 1. The number of nitrogens with one attached hydrogen (secondary N) is 1. The van der Waals surface area contributed by atoms with Crippen molar-refractivity contribution in [3.05, 3.63) is 59.8 Å². The molecule has 2 aromatic heterocycles. The van der Waals surface area contributed by atoms with Gasteiger partial charge in [0.25, 0.3) is 11.8 Å². The van der Waals surface area contributed by atoms with Crippen LogP contribution in [0.4, 0.5) is 10.6 Å². The zero-order valence-corrected chi connectivity index (χ0v) is 22.0. The second-order valence-electron chi connectivity index (χ2n) is 10.7. The lowest BCUT2D eigenvalue weighted by molar-refractivity contribution is -0.120. The van der Waals surface area contributed by atoms with Crippen molar-refractivity contribution in [2.45, 2.75) is 57.8 Å². The number of aromatic nitrogens is 5. The van der Waals surface area contributed by atoms with Crippen LogP contribution in [0, 0.1) is 0 Å². The van der Waals surface area contributed by atoms with E-state index in [0.717, 1.165) is 11.3 Å². The summed E-state index contributed by atoms with van der Waals surface area (Å²) < 4.78 is 8.79. The molecular weight excluding hydrogens is 488 g/mol. The zero-order valence-electron chi connectivity index (χ0n) is 22.0. The maximum absolute atomic E-state index is 13.2. The molecule has 5 rings (SSSR count). The Morgan fingerprint density at radius 2 is 1.87 bits per heavy atom. The van der Waals surface area contributed by atoms with Gasteiger partial charge in [0.05, 0.1) is 12.2 Å². The number of amides is 3. The van der Waals surface area contributed by atoms with Gasteiger partial charge in [-0.05, 0) is 32.8 Å². The first-order valence-electron chi connectivity index (χ1n) is 12.6. The Labute approximate surface area is 220 Å². The number of fused-ring (bicyclic) bond motifs is 1. The molecule has 0 unspecified atom stereocenters. The number of rotatable bonds is 5. The number of hydrogen-bond acceptors (Lipinski definition) is 7. The van der Waals surface area contributed by atoms with Crippen molar-refractivity contribution in [3.8, 4) is 0 Å². The molecule has 0 saturated carbocycles. The number of benzene rings is 1. The Balaban J connectivity index is 1.18. The van der Waals surface area contributed by atoms with Crippen LogP contribution in [0.1, 0.15) is 55.0 Å². The van der Waals surface area contributed by atoms with Crippen LogP contribution in [0.2, 0.25) is 0 Å². The molecule has 0 aliphatic carbocycles. The Kier molecular flexibility index (Phi) is 6.64. The third kappa shape index (κ3) is 5.38. The van der Waals surface area contributed by atoms with Crippen LogP contribution in [-0.4, -0.2) is 79.1 Å². The number of likely N-dealkylation sites (N-methyl/N-ethyl adjacent to an activating group) is 1. The lowest BCUT2D eigenvalue weighted by Crippen LogP contribution is -2.50. The van der Waals surface area contributed by atoms with E-state index < -0.39 is 17.6 Å². The van der Waals surface area contributed by atoms with Crippen molar-refractivity contribution in [3.63, 3.8) is 0 Å². The normalized spacial score (nSPS) is 18.0. The minimum absolute atomic E-state index is 0.0141. The van der Waals surface area contributed by atoms with Crippen molar-refractivity contribution >= 4 is 23.7 Å². The molecule has 2 aliphatic heterocycles. The Bertz CT molecular complexity index is 1340. The van der Waals surface area contributed by atoms with E-state index in [4.69, 9.17) is 9.84 Å². The van der Waals surface area contributed by atoms with Crippen LogP contribution in [0.25, 0.3) is 0 Å².